The monoisotopic (exact) mass is 546 g/mol. The zero-order valence-corrected chi connectivity index (χ0v) is 23.8. The van der Waals surface area contributed by atoms with Crippen LogP contribution < -0.4 is 4.74 Å². The summed E-state index contributed by atoms with van der Waals surface area (Å²) < 4.78 is 5.85. The van der Waals surface area contributed by atoms with Crippen LogP contribution in [0.15, 0.2) is 128 Å². The molecular weight excluding hydrogens is 516 g/mol. The number of carbonyl (C=O) groups excluding carboxylic acids is 1. The van der Waals surface area contributed by atoms with Crippen molar-refractivity contribution in [3.05, 3.63) is 120 Å². The minimum absolute atomic E-state index is 0.238. The highest BCUT2D eigenvalue weighted by molar-refractivity contribution is 8.15. The summed E-state index contributed by atoms with van der Waals surface area (Å²) in [5, 5.41) is 19.7. The molecule has 0 unspecified atom stereocenters. The summed E-state index contributed by atoms with van der Waals surface area (Å²) in [6, 6.07) is 32.6. The standard InChI is InChI=1S/C33H30N4O2S/c1-22-9-5-8-12-29(22)35-34-26-16-19-30(23(2)21-26)36-37-32-28-11-7-6-10-24(28)15-20-31(32)39-33(38)25-13-17-27(18-14-25)40(3)4/h5-21,40H,1-4H3/b35-34+,37-36+. The molecular formula is C33H30N4O2S. The van der Waals surface area contributed by atoms with Crippen LogP contribution in [0.2, 0.25) is 0 Å². The first-order chi connectivity index (χ1) is 19.4. The third-order valence-corrected chi connectivity index (χ3v) is 7.84. The lowest BCUT2D eigenvalue weighted by atomic mass is 10.1. The number of nitrogens with zero attached hydrogens (tertiary/aromatic N) is 4. The molecule has 0 bridgehead atoms. The van der Waals surface area contributed by atoms with Gasteiger partial charge in [-0.3, -0.25) is 0 Å². The lowest BCUT2D eigenvalue weighted by Crippen LogP contribution is -2.08. The molecule has 6 nitrogen and oxygen atoms in total. The minimum Gasteiger partial charge on any atom is -0.421 e. The average Bonchev–Trinajstić information content (AvgIpc) is 2.97. The molecule has 0 aliphatic rings. The van der Waals surface area contributed by atoms with Crippen molar-refractivity contribution in [1.82, 2.24) is 0 Å². The second-order valence-corrected chi connectivity index (χ2v) is 11.9. The number of aryl methyl sites for hydroxylation is 2. The average molecular weight is 547 g/mol. The molecule has 200 valence electrons. The van der Waals surface area contributed by atoms with Gasteiger partial charge in [-0.2, -0.15) is 15.3 Å². The van der Waals surface area contributed by atoms with Crippen molar-refractivity contribution in [1.29, 1.82) is 0 Å². The maximum Gasteiger partial charge on any atom is 0.343 e. The Hall–Kier alpha value is -4.62. The maximum absolute atomic E-state index is 13.0. The largest absolute Gasteiger partial charge is 0.421 e. The highest BCUT2D eigenvalue weighted by atomic mass is 32.2. The molecule has 5 rings (SSSR count). The van der Waals surface area contributed by atoms with Crippen molar-refractivity contribution in [2.45, 2.75) is 18.7 Å². The smallest absolute Gasteiger partial charge is 0.343 e. The van der Waals surface area contributed by atoms with Crippen molar-refractivity contribution in [3.63, 3.8) is 0 Å². The van der Waals surface area contributed by atoms with Gasteiger partial charge in [0.05, 0.1) is 22.6 Å². The van der Waals surface area contributed by atoms with E-state index in [4.69, 9.17) is 4.74 Å². The van der Waals surface area contributed by atoms with Gasteiger partial charge < -0.3 is 4.74 Å². The zero-order valence-electron chi connectivity index (χ0n) is 22.9. The third kappa shape index (κ3) is 6.16. The Kier molecular flexibility index (Phi) is 8.12. The number of esters is 1. The van der Waals surface area contributed by atoms with E-state index < -0.39 is 5.97 Å². The van der Waals surface area contributed by atoms with Crippen molar-refractivity contribution in [2.75, 3.05) is 12.5 Å². The topological polar surface area (TPSA) is 75.7 Å². The minimum atomic E-state index is -0.436. The van der Waals surface area contributed by atoms with E-state index in [2.05, 4.69) is 33.0 Å². The van der Waals surface area contributed by atoms with E-state index in [0.29, 0.717) is 22.7 Å². The third-order valence-electron chi connectivity index (χ3n) is 6.51. The van der Waals surface area contributed by atoms with Gasteiger partial charge in [0.2, 0.25) is 0 Å². The number of carbonyl (C=O) groups is 1. The van der Waals surface area contributed by atoms with Crippen molar-refractivity contribution >= 4 is 50.4 Å². The molecule has 0 aromatic heterocycles. The van der Waals surface area contributed by atoms with Crippen LogP contribution in [0.3, 0.4) is 0 Å². The Morgan fingerprint density at radius 1 is 0.675 bits per heavy atom. The van der Waals surface area contributed by atoms with E-state index in [1.807, 2.05) is 111 Å². The van der Waals surface area contributed by atoms with Crippen molar-refractivity contribution < 1.29 is 9.53 Å². The molecule has 7 heteroatoms. The van der Waals surface area contributed by atoms with Crippen LogP contribution in [0.4, 0.5) is 22.7 Å². The van der Waals surface area contributed by atoms with Gasteiger partial charge in [-0.1, -0.05) is 48.5 Å². The molecule has 40 heavy (non-hydrogen) atoms. The second-order valence-electron chi connectivity index (χ2n) is 9.62. The van der Waals surface area contributed by atoms with E-state index in [1.165, 1.54) is 4.90 Å². The van der Waals surface area contributed by atoms with Gasteiger partial charge in [-0.15, -0.1) is 5.11 Å². The molecule has 0 saturated carbocycles. The van der Waals surface area contributed by atoms with E-state index in [1.54, 1.807) is 6.07 Å². The highest BCUT2D eigenvalue weighted by Gasteiger charge is 2.15. The number of azo groups is 2. The predicted octanol–water partition coefficient (Wildman–Crippen LogP) is 10.1. The molecule has 0 atom stereocenters. The lowest BCUT2D eigenvalue weighted by molar-refractivity contribution is 0.0735. The lowest BCUT2D eigenvalue weighted by Gasteiger charge is -2.12. The number of fused-ring (bicyclic) bond motifs is 1. The molecule has 0 fully saturated rings. The first-order valence-corrected chi connectivity index (χ1v) is 15.1. The quantitative estimate of drug-likeness (QED) is 0.0954. The molecule has 0 aliphatic carbocycles. The summed E-state index contributed by atoms with van der Waals surface area (Å²) in [7, 11) is -0.238. The summed E-state index contributed by atoms with van der Waals surface area (Å²) in [5.74, 6) is -0.0829. The molecule has 5 aromatic carbocycles. The number of rotatable bonds is 7. The molecule has 0 saturated heterocycles. The van der Waals surface area contributed by atoms with E-state index in [0.717, 1.165) is 33.3 Å². The van der Waals surface area contributed by atoms with Gasteiger partial charge in [0.1, 0.15) is 5.69 Å². The molecule has 0 N–H and O–H groups in total. The van der Waals surface area contributed by atoms with Crippen molar-refractivity contribution in [2.24, 2.45) is 20.5 Å². The van der Waals surface area contributed by atoms with Crippen LogP contribution in [0.5, 0.6) is 5.75 Å². The number of hydrogen-bond donors (Lipinski definition) is 1. The maximum atomic E-state index is 13.0. The fourth-order valence-corrected chi connectivity index (χ4v) is 4.93. The van der Waals surface area contributed by atoms with Gasteiger partial charge in [0.25, 0.3) is 0 Å². The van der Waals surface area contributed by atoms with Crippen LogP contribution in [-0.4, -0.2) is 18.5 Å². The van der Waals surface area contributed by atoms with Gasteiger partial charge in [0, 0.05) is 5.39 Å². The Morgan fingerprint density at radius 3 is 2.12 bits per heavy atom. The first-order valence-electron chi connectivity index (χ1n) is 12.9. The molecule has 5 aromatic rings. The normalized spacial score (nSPS) is 11.8. The predicted molar refractivity (Wildman–Crippen MR) is 165 cm³/mol. The van der Waals surface area contributed by atoms with E-state index >= 15 is 0 Å². The number of benzene rings is 5. The molecule has 0 spiro atoms. The summed E-state index contributed by atoms with van der Waals surface area (Å²) in [6.07, 6.45) is 4.36. The van der Waals surface area contributed by atoms with Crippen LogP contribution in [-0.2, 0) is 0 Å². The Balaban J connectivity index is 1.43. The van der Waals surface area contributed by atoms with Gasteiger partial charge in [-0.05, 0) is 102 Å². The number of thiol groups is 1. The van der Waals surface area contributed by atoms with E-state index in [9.17, 15) is 4.79 Å². The molecule has 0 radical (unpaired) electrons. The van der Waals surface area contributed by atoms with Crippen LogP contribution >= 0.6 is 10.9 Å². The Labute approximate surface area is 236 Å². The van der Waals surface area contributed by atoms with Crippen molar-refractivity contribution in [3.8, 4) is 5.75 Å². The van der Waals surface area contributed by atoms with Gasteiger partial charge in [0.15, 0.2) is 5.75 Å². The molecule has 0 amide bonds. The van der Waals surface area contributed by atoms with Crippen LogP contribution in [0, 0.1) is 13.8 Å². The first kappa shape index (κ1) is 27.0. The van der Waals surface area contributed by atoms with E-state index in [-0.39, 0.29) is 10.9 Å². The zero-order chi connectivity index (χ0) is 28.1. The summed E-state index contributed by atoms with van der Waals surface area (Å²) in [6.45, 7) is 3.96. The summed E-state index contributed by atoms with van der Waals surface area (Å²) in [5.41, 5.74) is 5.19. The molecule has 0 heterocycles. The fourth-order valence-electron chi connectivity index (χ4n) is 4.18. The highest BCUT2D eigenvalue weighted by Crippen LogP contribution is 2.38. The SMILES string of the molecule is Cc1ccccc1/N=N/c1ccc(/N=N/c2c(OC(=O)c3ccc([SH](C)C)cc3)ccc3ccccc23)c(C)c1. The number of ether oxygens (including phenoxy) is 1. The number of hydrogen-bond acceptors (Lipinski definition) is 6. The fraction of sp³-hybridized carbons (Fsp3) is 0.121. The molecule has 0 aliphatic heterocycles. The summed E-state index contributed by atoms with van der Waals surface area (Å²) in [4.78, 5) is 14.3. The Bertz CT molecular complexity index is 1740. The van der Waals surface area contributed by atoms with Gasteiger partial charge in [-0.25, -0.2) is 15.7 Å². The van der Waals surface area contributed by atoms with Gasteiger partial charge >= 0.3 is 5.97 Å². The second kappa shape index (κ2) is 12.1. The van der Waals surface area contributed by atoms with Crippen LogP contribution in [0.1, 0.15) is 21.5 Å². The Morgan fingerprint density at radius 2 is 1.38 bits per heavy atom. The van der Waals surface area contributed by atoms with Crippen LogP contribution in [0.25, 0.3) is 10.8 Å². The summed E-state index contributed by atoms with van der Waals surface area (Å²) >= 11 is 0.